The predicted molar refractivity (Wildman–Crippen MR) is 102 cm³/mol. The number of aryl methyl sites for hydroxylation is 2. The Kier molecular flexibility index (Phi) is 4.40. The number of anilines is 1. The number of fused-ring (bicyclic) bond motifs is 1. The topological polar surface area (TPSA) is 51.2 Å². The highest BCUT2D eigenvalue weighted by atomic mass is 16.5. The summed E-state index contributed by atoms with van der Waals surface area (Å²) >= 11 is 0. The summed E-state index contributed by atoms with van der Waals surface area (Å²) in [4.78, 5) is 15.9. The molecule has 4 rings (SSSR count). The number of amides is 1. The van der Waals surface area contributed by atoms with Crippen LogP contribution >= 0.6 is 0 Å². The van der Waals surface area contributed by atoms with Crippen LogP contribution in [0.2, 0.25) is 0 Å². The van der Waals surface area contributed by atoms with E-state index in [0.717, 1.165) is 41.0 Å². The van der Waals surface area contributed by atoms with Crippen molar-refractivity contribution in [1.82, 2.24) is 4.98 Å². The predicted octanol–water partition coefficient (Wildman–Crippen LogP) is 4.04. The lowest BCUT2D eigenvalue weighted by Crippen LogP contribution is -2.03. The number of rotatable bonds is 5. The summed E-state index contributed by atoms with van der Waals surface area (Å²) in [5.41, 5.74) is 6.59. The Labute approximate surface area is 152 Å². The van der Waals surface area contributed by atoms with Gasteiger partial charge in [0, 0.05) is 23.6 Å². The monoisotopic (exact) mass is 344 g/mol. The van der Waals surface area contributed by atoms with Gasteiger partial charge in [0.05, 0.1) is 13.5 Å². The molecule has 1 aromatic heterocycles. The smallest absolute Gasteiger partial charge is 0.228 e. The molecule has 0 bridgehead atoms. The summed E-state index contributed by atoms with van der Waals surface area (Å²) in [5, 5.41) is 2.91. The number of hydrogen-bond donors (Lipinski definition) is 1. The molecule has 4 heteroatoms. The normalized spacial score (nSPS) is 12.6. The van der Waals surface area contributed by atoms with E-state index in [1.807, 2.05) is 36.7 Å². The maximum atomic E-state index is 11.5. The molecular formula is C22H20N2O2. The largest absolute Gasteiger partial charge is 0.497 e. The van der Waals surface area contributed by atoms with Crippen LogP contribution in [0.4, 0.5) is 5.69 Å². The van der Waals surface area contributed by atoms with Crippen molar-refractivity contribution >= 4 is 11.6 Å². The average Bonchev–Trinajstić information content (AvgIpc) is 3.06. The van der Waals surface area contributed by atoms with E-state index in [1.165, 1.54) is 11.1 Å². The van der Waals surface area contributed by atoms with Crippen LogP contribution in [0.5, 0.6) is 5.75 Å². The fraction of sp³-hybridized carbons (Fsp3) is 0.182. The number of carbonyl (C=O) groups excluding carboxylic acids is 1. The third-order valence-corrected chi connectivity index (χ3v) is 4.72. The molecule has 1 amide bonds. The number of hydrogen-bond acceptors (Lipinski definition) is 3. The van der Waals surface area contributed by atoms with Crippen LogP contribution in [0.3, 0.4) is 0 Å². The van der Waals surface area contributed by atoms with Gasteiger partial charge in [-0.15, -0.1) is 0 Å². The van der Waals surface area contributed by atoms with Gasteiger partial charge in [0.15, 0.2) is 0 Å². The van der Waals surface area contributed by atoms with Gasteiger partial charge in [-0.05, 0) is 59.4 Å². The Balaban J connectivity index is 1.50. The summed E-state index contributed by atoms with van der Waals surface area (Å²) in [7, 11) is 1.68. The van der Waals surface area contributed by atoms with Gasteiger partial charge in [0.25, 0.3) is 0 Å². The lowest BCUT2D eigenvalue weighted by atomic mass is 10.0. The molecule has 2 aromatic carbocycles. The van der Waals surface area contributed by atoms with Gasteiger partial charge in [0.1, 0.15) is 5.75 Å². The second-order valence-corrected chi connectivity index (χ2v) is 6.53. The number of ether oxygens (including phenoxy) is 1. The Bertz CT molecular complexity index is 949. The zero-order valence-electron chi connectivity index (χ0n) is 14.7. The molecule has 0 radical (unpaired) electrons. The van der Waals surface area contributed by atoms with Crippen LogP contribution in [0.1, 0.15) is 16.7 Å². The van der Waals surface area contributed by atoms with Gasteiger partial charge in [-0.3, -0.25) is 9.78 Å². The van der Waals surface area contributed by atoms with Gasteiger partial charge in [-0.2, -0.15) is 0 Å². The average molecular weight is 344 g/mol. The standard InChI is InChI=1S/C22H20N2O2/c1-26-20-8-4-15(5-9-20)2-3-16-10-19(14-23-13-16)17-6-7-18-12-22(25)24-21(18)11-17/h4-11,13-14H,2-3,12H2,1H3,(H,24,25). The molecule has 1 aliphatic rings. The number of nitrogens with zero attached hydrogens (tertiary/aromatic N) is 1. The Hall–Kier alpha value is -3.14. The van der Waals surface area contributed by atoms with E-state index in [4.69, 9.17) is 4.74 Å². The molecule has 0 saturated heterocycles. The van der Waals surface area contributed by atoms with Crippen molar-refractivity contribution in [2.45, 2.75) is 19.3 Å². The summed E-state index contributed by atoms with van der Waals surface area (Å²) in [6.45, 7) is 0. The molecule has 2 heterocycles. The number of benzene rings is 2. The summed E-state index contributed by atoms with van der Waals surface area (Å²) < 4.78 is 5.20. The minimum Gasteiger partial charge on any atom is -0.497 e. The fourth-order valence-corrected chi connectivity index (χ4v) is 3.26. The lowest BCUT2D eigenvalue weighted by molar-refractivity contribution is -0.115. The van der Waals surface area contributed by atoms with Crippen molar-refractivity contribution in [2.24, 2.45) is 0 Å². The van der Waals surface area contributed by atoms with Crippen molar-refractivity contribution in [3.8, 4) is 16.9 Å². The first kappa shape index (κ1) is 16.3. The second-order valence-electron chi connectivity index (χ2n) is 6.53. The SMILES string of the molecule is COc1ccc(CCc2cncc(-c3ccc4c(c3)NC(=O)C4)c2)cc1. The van der Waals surface area contributed by atoms with E-state index in [2.05, 4.69) is 34.6 Å². The summed E-state index contributed by atoms with van der Waals surface area (Å²) in [6.07, 6.45) is 6.14. The molecule has 0 spiro atoms. The number of pyridine rings is 1. The molecule has 0 fully saturated rings. The molecule has 0 aliphatic carbocycles. The van der Waals surface area contributed by atoms with Crippen molar-refractivity contribution < 1.29 is 9.53 Å². The molecular weight excluding hydrogens is 324 g/mol. The summed E-state index contributed by atoms with van der Waals surface area (Å²) in [5.74, 6) is 0.935. The third kappa shape index (κ3) is 3.45. The first-order valence-electron chi connectivity index (χ1n) is 8.71. The second kappa shape index (κ2) is 7.00. The number of aromatic nitrogens is 1. The van der Waals surface area contributed by atoms with Crippen molar-refractivity contribution in [3.05, 3.63) is 77.6 Å². The van der Waals surface area contributed by atoms with E-state index in [0.29, 0.717) is 6.42 Å². The fourth-order valence-electron chi connectivity index (χ4n) is 3.26. The van der Waals surface area contributed by atoms with Gasteiger partial charge >= 0.3 is 0 Å². The summed E-state index contributed by atoms with van der Waals surface area (Å²) in [6, 6.07) is 16.5. The van der Waals surface area contributed by atoms with Gasteiger partial charge < -0.3 is 10.1 Å². The Morgan fingerprint density at radius 3 is 2.58 bits per heavy atom. The molecule has 130 valence electrons. The third-order valence-electron chi connectivity index (χ3n) is 4.72. The van der Waals surface area contributed by atoms with Crippen LogP contribution in [0, 0.1) is 0 Å². The van der Waals surface area contributed by atoms with E-state index < -0.39 is 0 Å². The van der Waals surface area contributed by atoms with Crippen LogP contribution in [-0.4, -0.2) is 18.0 Å². The van der Waals surface area contributed by atoms with Crippen LogP contribution in [0.15, 0.2) is 60.9 Å². The van der Waals surface area contributed by atoms with Gasteiger partial charge in [-0.25, -0.2) is 0 Å². The van der Waals surface area contributed by atoms with Crippen molar-refractivity contribution in [1.29, 1.82) is 0 Å². The quantitative estimate of drug-likeness (QED) is 0.760. The van der Waals surface area contributed by atoms with Crippen LogP contribution in [-0.2, 0) is 24.1 Å². The number of methoxy groups -OCH3 is 1. The van der Waals surface area contributed by atoms with E-state index in [-0.39, 0.29) is 5.91 Å². The van der Waals surface area contributed by atoms with E-state index >= 15 is 0 Å². The van der Waals surface area contributed by atoms with Gasteiger partial charge in [-0.1, -0.05) is 24.3 Å². The maximum absolute atomic E-state index is 11.5. The van der Waals surface area contributed by atoms with Crippen molar-refractivity contribution in [2.75, 3.05) is 12.4 Å². The maximum Gasteiger partial charge on any atom is 0.228 e. The molecule has 1 N–H and O–H groups in total. The van der Waals surface area contributed by atoms with E-state index in [1.54, 1.807) is 7.11 Å². The molecule has 4 nitrogen and oxygen atoms in total. The lowest BCUT2D eigenvalue weighted by Gasteiger charge is -2.08. The van der Waals surface area contributed by atoms with Crippen molar-refractivity contribution in [3.63, 3.8) is 0 Å². The molecule has 1 aliphatic heterocycles. The molecule has 0 saturated carbocycles. The molecule has 26 heavy (non-hydrogen) atoms. The molecule has 0 unspecified atom stereocenters. The molecule has 0 atom stereocenters. The highest BCUT2D eigenvalue weighted by Gasteiger charge is 2.17. The zero-order chi connectivity index (χ0) is 17.9. The number of nitrogens with one attached hydrogen (secondary N) is 1. The Morgan fingerprint density at radius 1 is 0.962 bits per heavy atom. The minimum absolute atomic E-state index is 0.0588. The highest BCUT2D eigenvalue weighted by Crippen LogP contribution is 2.29. The minimum atomic E-state index is 0.0588. The van der Waals surface area contributed by atoms with Crippen LogP contribution < -0.4 is 10.1 Å². The van der Waals surface area contributed by atoms with Crippen LogP contribution in [0.25, 0.3) is 11.1 Å². The first-order valence-corrected chi connectivity index (χ1v) is 8.71. The first-order chi connectivity index (χ1) is 12.7. The number of carbonyl (C=O) groups is 1. The van der Waals surface area contributed by atoms with Gasteiger partial charge in [0.2, 0.25) is 5.91 Å². The van der Waals surface area contributed by atoms with E-state index in [9.17, 15) is 4.79 Å². The zero-order valence-corrected chi connectivity index (χ0v) is 14.7. The highest BCUT2D eigenvalue weighted by molar-refractivity contribution is 5.99. The molecule has 3 aromatic rings. The Morgan fingerprint density at radius 2 is 1.77 bits per heavy atom.